The zero-order valence-corrected chi connectivity index (χ0v) is 9.87. The zero-order valence-electron chi connectivity index (χ0n) is 8.98. The third-order valence-electron chi connectivity index (χ3n) is 2.01. The Morgan fingerprint density at radius 1 is 1.50 bits per heavy atom. The molecule has 0 aliphatic carbocycles. The van der Waals surface area contributed by atoms with Gasteiger partial charge in [-0.2, -0.15) is 0 Å². The van der Waals surface area contributed by atoms with Crippen molar-refractivity contribution in [2.45, 2.75) is 12.5 Å². The Hall–Kier alpha value is -1.60. The SMILES string of the molecule is NC(Cc1ccc(O)c(OP(=O)([O-])[O-])c1)C(=O)O. The minimum atomic E-state index is -5.30. The molecule has 0 aliphatic rings. The maximum atomic E-state index is 10.5. The quantitative estimate of drug-likeness (QED) is 0.551. The number of aliphatic carboxylic acids is 1. The van der Waals surface area contributed by atoms with Gasteiger partial charge < -0.3 is 34.8 Å². The van der Waals surface area contributed by atoms with E-state index in [2.05, 4.69) is 4.52 Å². The van der Waals surface area contributed by atoms with Gasteiger partial charge in [0.2, 0.25) is 0 Å². The summed E-state index contributed by atoms with van der Waals surface area (Å²) in [5.74, 6) is -2.34. The van der Waals surface area contributed by atoms with E-state index in [1.807, 2.05) is 0 Å². The Balaban J connectivity index is 2.94. The van der Waals surface area contributed by atoms with Crippen LogP contribution in [0, 0.1) is 0 Å². The Morgan fingerprint density at radius 3 is 2.61 bits per heavy atom. The van der Waals surface area contributed by atoms with E-state index in [0.717, 1.165) is 12.1 Å². The molecule has 1 atom stereocenters. The van der Waals surface area contributed by atoms with Gasteiger partial charge in [-0.15, -0.1) is 0 Å². The fourth-order valence-electron chi connectivity index (χ4n) is 1.22. The molecule has 0 spiro atoms. The highest BCUT2D eigenvalue weighted by molar-refractivity contribution is 7.43. The predicted molar refractivity (Wildman–Crippen MR) is 55.7 cm³/mol. The Bertz CT molecular complexity index is 498. The lowest BCUT2D eigenvalue weighted by Gasteiger charge is -2.29. The summed E-state index contributed by atoms with van der Waals surface area (Å²) >= 11 is 0. The molecule has 4 N–H and O–H groups in total. The molecule has 0 radical (unpaired) electrons. The number of phenolic OH excluding ortho intramolecular Hbond substituents is 1. The smallest absolute Gasteiger partial charge is 0.320 e. The number of phenols is 1. The molecule has 8 nitrogen and oxygen atoms in total. The average molecular weight is 275 g/mol. The van der Waals surface area contributed by atoms with Gasteiger partial charge in [-0.3, -0.25) is 4.79 Å². The standard InChI is InChI=1S/C9H12NO7P/c10-6(9(12)13)3-5-1-2-7(11)8(4-5)17-18(14,15)16/h1-2,4,6,11H,3,10H2,(H,12,13)(H2,14,15,16)/p-2. The van der Waals surface area contributed by atoms with Gasteiger partial charge in [0.15, 0.2) is 11.5 Å². The van der Waals surface area contributed by atoms with Gasteiger partial charge >= 0.3 is 5.97 Å². The first-order valence-electron chi connectivity index (χ1n) is 4.71. The van der Waals surface area contributed by atoms with Crippen molar-refractivity contribution in [1.82, 2.24) is 0 Å². The van der Waals surface area contributed by atoms with E-state index in [4.69, 9.17) is 10.8 Å². The molecule has 0 bridgehead atoms. The highest BCUT2D eigenvalue weighted by Gasteiger charge is 2.14. The van der Waals surface area contributed by atoms with Crippen LogP contribution in [0.15, 0.2) is 18.2 Å². The van der Waals surface area contributed by atoms with Gasteiger partial charge in [0.1, 0.15) is 13.9 Å². The van der Waals surface area contributed by atoms with Crippen molar-refractivity contribution in [2.24, 2.45) is 5.73 Å². The predicted octanol–water partition coefficient (Wildman–Crippen LogP) is -1.45. The van der Waals surface area contributed by atoms with Crippen LogP contribution in [-0.2, 0) is 15.8 Å². The Kier molecular flexibility index (Phi) is 4.31. The number of hydrogen-bond donors (Lipinski definition) is 3. The second-order valence-electron chi connectivity index (χ2n) is 3.49. The molecular weight excluding hydrogens is 265 g/mol. The number of carbonyl (C=O) groups is 1. The number of nitrogens with two attached hydrogens (primary N) is 1. The van der Waals surface area contributed by atoms with Crippen molar-refractivity contribution in [3.63, 3.8) is 0 Å². The van der Waals surface area contributed by atoms with Crippen LogP contribution in [0.5, 0.6) is 11.5 Å². The number of hydrogen-bond acceptors (Lipinski definition) is 7. The summed E-state index contributed by atoms with van der Waals surface area (Å²) in [6, 6.07) is 2.27. The lowest BCUT2D eigenvalue weighted by molar-refractivity contribution is -0.333. The van der Waals surface area contributed by atoms with Crippen molar-refractivity contribution in [1.29, 1.82) is 0 Å². The van der Waals surface area contributed by atoms with Gasteiger partial charge in [-0.1, -0.05) is 6.07 Å². The molecule has 18 heavy (non-hydrogen) atoms. The van der Waals surface area contributed by atoms with E-state index in [1.165, 1.54) is 6.07 Å². The van der Waals surface area contributed by atoms with Crippen molar-refractivity contribution in [2.75, 3.05) is 0 Å². The number of benzene rings is 1. The van der Waals surface area contributed by atoms with Crippen LogP contribution < -0.4 is 20.0 Å². The third-order valence-corrected chi connectivity index (χ3v) is 2.43. The summed E-state index contributed by atoms with van der Waals surface area (Å²) in [7, 11) is -5.30. The molecule has 0 saturated heterocycles. The monoisotopic (exact) mass is 275 g/mol. The summed E-state index contributed by atoms with van der Waals surface area (Å²) in [4.78, 5) is 31.4. The number of phosphoric acid groups is 1. The van der Waals surface area contributed by atoms with E-state index in [0.29, 0.717) is 5.56 Å². The van der Waals surface area contributed by atoms with Crippen molar-refractivity contribution in [3.05, 3.63) is 23.8 Å². The summed E-state index contributed by atoms with van der Waals surface area (Å²) in [6.07, 6.45) is -0.103. The molecule has 0 heterocycles. The van der Waals surface area contributed by atoms with E-state index in [1.54, 1.807) is 0 Å². The van der Waals surface area contributed by atoms with Gasteiger partial charge in [0.25, 0.3) is 0 Å². The van der Waals surface area contributed by atoms with Crippen LogP contribution in [0.25, 0.3) is 0 Å². The van der Waals surface area contributed by atoms with E-state index in [-0.39, 0.29) is 6.42 Å². The van der Waals surface area contributed by atoms with Crippen LogP contribution in [0.3, 0.4) is 0 Å². The highest BCUT2D eigenvalue weighted by atomic mass is 31.2. The lowest BCUT2D eigenvalue weighted by atomic mass is 10.1. The molecule has 9 heteroatoms. The molecular formula is C9H10NO7P-2. The number of aromatic hydroxyl groups is 1. The van der Waals surface area contributed by atoms with Crippen LogP contribution in [0.2, 0.25) is 0 Å². The fraction of sp³-hybridized carbons (Fsp3) is 0.222. The first kappa shape index (κ1) is 14.5. The first-order chi connectivity index (χ1) is 8.19. The molecule has 1 unspecified atom stereocenters. The van der Waals surface area contributed by atoms with Gasteiger partial charge in [-0.05, 0) is 24.1 Å². The largest absolute Gasteiger partial charge is 0.780 e. The van der Waals surface area contributed by atoms with E-state index in [9.17, 15) is 24.3 Å². The second-order valence-corrected chi connectivity index (χ2v) is 4.57. The number of phosphoric ester groups is 1. The number of rotatable bonds is 5. The molecule has 1 aromatic rings. The average Bonchev–Trinajstić information content (AvgIpc) is 2.20. The van der Waals surface area contributed by atoms with Crippen LogP contribution in [0.4, 0.5) is 0 Å². The third kappa shape index (κ3) is 4.34. The summed E-state index contributed by atoms with van der Waals surface area (Å²) in [5, 5.41) is 17.9. The van der Waals surface area contributed by atoms with E-state index < -0.39 is 31.3 Å². The maximum Gasteiger partial charge on any atom is 0.320 e. The Morgan fingerprint density at radius 2 is 2.11 bits per heavy atom. The minimum Gasteiger partial charge on any atom is -0.780 e. The summed E-state index contributed by atoms with van der Waals surface area (Å²) in [6.45, 7) is 0. The van der Waals surface area contributed by atoms with Crippen molar-refractivity contribution in [3.8, 4) is 11.5 Å². The summed E-state index contributed by atoms with van der Waals surface area (Å²) in [5.41, 5.74) is 5.59. The van der Waals surface area contributed by atoms with Crippen LogP contribution in [-0.4, -0.2) is 22.2 Å². The molecule has 100 valence electrons. The Labute approximate surface area is 102 Å². The zero-order chi connectivity index (χ0) is 13.9. The van der Waals surface area contributed by atoms with Gasteiger partial charge in [0.05, 0.1) is 0 Å². The van der Waals surface area contributed by atoms with Crippen LogP contribution in [0.1, 0.15) is 5.56 Å². The summed E-state index contributed by atoms with van der Waals surface area (Å²) < 4.78 is 14.4. The van der Waals surface area contributed by atoms with E-state index >= 15 is 0 Å². The lowest BCUT2D eigenvalue weighted by Crippen LogP contribution is -2.32. The molecule has 1 rings (SSSR count). The molecule has 0 fully saturated rings. The number of carboxylic acid groups (broad SMARTS) is 1. The minimum absolute atomic E-state index is 0.103. The maximum absolute atomic E-state index is 10.5. The molecule has 0 saturated carbocycles. The first-order valence-corrected chi connectivity index (χ1v) is 6.17. The normalized spacial score (nSPS) is 13.1. The second kappa shape index (κ2) is 5.36. The molecule has 0 aliphatic heterocycles. The van der Waals surface area contributed by atoms with Gasteiger partial charge in [-0.25, -0.2) is 0 Å². The van der Waals surface area contributed by atoms with Crippen LogP contribution >= 0.6 is 7.82 Å². The van der Waals surface area contributed by atoms with Crippen molar-refractivity contribution < 1.29 is 33.9 Å². The van der Waals surface area contributed by atoms with Gasteiger partial charge in [0, 0.05) is 0 Å². The fourth-order valence-corrected chi connectivity index (χ4v) is 1.61. The molecule has 0 amide bonds. The highest BCUT2D eigenvalue weighted by Crippen LogP contribution is 2.36. The van der Waals surface area contributed by atoms with Crippen molar-refractivity contribution >= 4 is 13.8 Å². The molecule has 1 aromatic carbocycles. The number of carboxylic acids is 1. The topological polar surface area (TPSA) is 156 Å². The molecule has 0 aromatic heterocycles.